The molecule has 2 N–H and O–H groups in total. The first-order chi connectivity index (χ1) is 13.5. The van der Waals surface area contributed by atoms with E-state index < -0.39 is 0 Å². The fourth-order valence-corrected chi connectivity index (χ4v) is 2.63. The summed E-state index contributed by atoms with van der Waals surface area (Å²) in [4.78, 5) is 16.7. The van der Waals surface area contributed by atoms with Crippen molar-refractivity contribution in [2.45, 2.75) is 20.0 Å². The number of amides is 1. The zero-order valence-electron chi connectivity index (χ0n) is 16.1. The molecule has 3 rings (SSSR count). The number of carbonyl (C=O) groups is 1. The summed E-state index contributed by atoms with van der Waals surface area (Å²) in [6.45, 7) is 3.97. The van der Waals surface area contributed by atoms with Crippen molar-refractivity contribution in [1.29, 1.82) is 0 Å². The lowest BCUT2D eigenvalue weighted by Crippen LogP contribution is -2.13. The summed E-state index contributed by atoms with van der Waals surface area (Å²) in [5, 5.41) is 6.09. The molecule has 0 atom stereocenters. The first-order valence-electron chi connectivity index (χ1n) is 8.98. The number of hydrogen-bond donors (Lipinski definition) is 2. The van der Waals surface area contributed by atoms with Gasteiger partial charge >= 0.3 is 0 Å². The SMILES string of the molecule is COc1ccccc1NC(=O)c1cncc(Nc2ccc(OC(C)C)cc2)c1. The van der Waals surface area contributed by atoms with Gasteiger partial charge < -0.3 is 20.1 Å². The van der Waals surface area contributed by atoms with Crippen LogP contribution in [0, 0.1) is 0 Å². The lowest BCUT2D eigenvalue weighted by atomic mass is 10.2. The standard InChI is InChI=1S/C22H23N3O3/c1-15(2)28-19-10-8-17(9-11-19)24-18-12-16(13-23-14-18)22(26)25-20-6-4-5-7-21(20)27-3/h4-15,24H,1-3H3,(H,25,26). The van der Waals surface area contributed by atoms with Crippen LogP contribution in [0.2, 0.25) is 0 Å². The number of rotatable bonds is 7. The summed E-state index contributed by atoms with van der Waals surface area (Å²) in [6.07, 6.45) is 3.31. The van der Waals surface area contributed by atoms with Crippen molar-refractivity contribution in [3.63, 3.8) is 0 Å². The number of hydrogen-bond acceptors (Lipinski definition) is 5. The van der Waals surface area contributed by atoms with E-state index in [1.807, 2.05) is 50.2 Å². The highest BCUT2D eigenvalue weighted by atomic mass is 16.5. The Morgan fingerprint density at radius 3 is 2.46 bits per heavy atom. The Balaban J connectivity index is 1.70. The van der Waals surface area contributed by atoms with Gasteiger partial charge in [0.1, 0.15) is 11.5 Å². The normalized spacial score (nSPS) is 10.4. The molecule has 0 saturated carbocycles. The number of benzene rings is 2. The Bertz CT molecular complexity index is 940. The molecule has 0 aliphatic carbocycles. The Morgan fingerprint density at radius 2 is 1.75 bits per heavy atom. The lowest BCUT2D eigenvalue weighted by molar-refractivity contribution is 0.102. The molecule has 1 heterocycles. The smallest absolute Gasteiger partial charge is 0.257 e. The molecule has 0 fully saturated rings. The second-order valence-corrected chi connectivity index (χ2v) is 6.43. The average Bonchev–Trinajstić information content (AvgIpc) is 2.70. The number of methoxy groups -OCH3 is 1. The Hall–Kier alpha value is -3.54. The van der Waals surface area contributed by atoms with Gasteiger partial charge in [0.05, 0.1) is 36.3 Å². The summed E-state index contributed by atoms with van der Waals surface area (Å²) in [5.41, 5.74) is 2.63. The van der Waals surface area contributed by atoms with Crippen LogP contribution in [-0.2, 0) is 0 Å². The first-order valence-corrected chi connectivity index (χ1v) is 8.98. The van der Waals surface area contributed by atoms with Gasteiger partial charge in [-0.25, -0.2) is 0 Å². The molecular weight excluding hydrogens is 354 g/mol. The fourth-order valence-electron chi connectivity index (χ4n) is 2.63. The highest BCUT2D eigenvalue weighted by Gasteiger charge is 2.10. The van der Waals surface area contributed by atoms with Crippen molar-refractivity contribution in [2.75, 3.05) is 17.7 Å². The number of anilines is 3. The van der Waals surface area contributed by atoms with Crippen LogP contribution < -0.4 is 20.1 Å². The molecular formula is C22H23N3O3. The van der Waals surface area contributed by atoms with Gasteiger partial charge in [-0.15, -0.1) is 0 Å². The van der Waals surface area contributed by atoms with Crippen molar-refractivity contribution < 1.29 is 14.3 Å². The van der Waals surface area contributed by atoms with Crippen LogP contribution in [-0.4, -0.2) is 24.1 Å². The molecule has 0 spiro atoms. The summed E-state index contributed by atoms with van der Waals surface area (Å²) in [7, 11) is 1.56. The van der Waals surface area contributed by atoms with Crippen LogP contribution in [0.5, 0.6) is 11.5 Å². The third-order valence-corrected chi connectivity index (χ3v) is 3.87. The first kappa shape index (κ1) is 19.2. The van der Waals surface area contributed by atoms with E-state index in [2.05, 4.69) is 15.6 Å². The molecule has 0 aliphatic heterocycles. The molecule has 3 aromatic rings. The molecule has 6 heteroatoms. The van der Waals surface area contributed by atoms with Crippen molar-refractivity contribution in [3.8, 4) is 11.5 Å². The molecule has 1 aromatic heterocycles. The van der Waals surface area contributed by atoms with Gasteiger partial charge in [0.15, 0.2) is 0 Å². The highest BCUT2D eigenvalue weighted by molar-refractivity contribution is 6.05. The minimum absolute atomic E-state index is 0.126. The molecule has 0 saturated heterocycles. The third kappa shape index (κ3) is 5.01. The second kappa shape index (κ2) is 8.90. The van der Waals surface area contributed by atoms with Gasteiger partial charge in [-0.05, 0) is 56.3 Å². The predicted molar refractivity (Wildman–Crippen MR) is 111 cm³/mol. The zero-order chi connectivity index (χ0) is 19.9. The fraction of sp³-hybridized carbons (Fsp3) is 0.182. The zero-order valence-corrected chi connectivity index (χ0v) is 16.1. The monoisotopic (exact) mass is 377 g/mol. The predicted octanol–water partition coefficient (Wildman–Crippen LogP) is 4.87. The molecule has 1 amide bonds. The molecule has 28 heavy (non-hydrogen) atoms. The van der Waals surface area contributed by atoms with Crippen molar-refractivity contribution in [1.82, 2.24) is 4.98 Å². The highest BCUT2D eigenvalue weighted by Crippen LogP contribution is 2.24. The van der Waals surface area contributed by atoms with E-state index in [9.17, 15) is 4.79 Å². The molecule has 6 nitrogen and oxygen atoms in total. The Kier molecular flexibility index (Phi) is 6.11. The molecule has 2 aromatic carbocycles. The molecule has 0 bridgehead atoms. The van der Waals surface area contributed by atoms with Crippen molar-refractivity contribution in [3.05, 3.63) is 72.6 Å². The maximum absolute atomic E-state index is 12.6. The minimum atomic E-state index is -0.263. The molecule has 144 valence electrons. The van der Waals surface area contributed by atoms with Gasteiger partial charge in [-0.3, -0.25) is 9.78 Å². The molecule has 0 unspecified atom stereocenters. The van der Waals surface area contributed by atoms with E-state index in [-0.39, 0.29) is 12.0 Å². The summed E-state index contributed by atoms with van der Waals surface area (Å²) >= 11 is 0. The van der Waals surface area contributed by atoms with Crippen LogP contribution in [0.4, 0.5) is 17.1 Å². The van der Waals surface area contributed by atoms with E-state index in [0.29, 0.717) is 22.7 Å². The van der Waals surface area contributed by atoms with Crippen molar-refractivity contribution >= 4 is 23.0 Å². The number of ether oxygens (including phenoxy) is 2. The van der Waals surface area contributed by atoms with E-state index >= 15 is 0 Å². The van der Waals surface area contributed by atoms with Crippen LogP contribution in [0.25, 0.3) is 0 Å². The van der Waals surface area contributed by atoms with Gasteiger partial charge in [0, 0.05) is 11.9 Å². The van der Waals surface area contributed by atoms with Crippen LogP contribution in [0.15, 0.2) is 67.0 Å². The number of aromatic nitrogens is 1. The largest absolute Gasteiger partial charge is 0.495 e. The maximum atomic E-state index is 12.6. The Morgan fingerprint density at radius 1 is 1.00 bits per heavy atom. The van der Waals surface area contributed by atoms with Crippen molar-refractivity contribution in [2.24, 2.45) is 0 Å². The number of nitrogens with one attached hydrogen (secondary N) is 2. The van der Waals surface area contributed by atoms with Gasteiger partial charge in [-0.1, -0.05) is 12.1 Å². The van der Waals surface area contributed by atoms with Crippen LogP contribution in [0.3, 0.4) is 0 Å². The third-order valence-electron chi connectivity index (χ3n) is 3.87. The van der Waals surface area contributed by atoms with E-state index in [1.165, 1.54) is 6.20 Å². The Labute approximate surface area is 164 Å². The average molecular weight is 377 g/mol. The minimum Gasteiger partial charge on any atom is -0.495 e. The van der Waals surface area contributed by atoms with Crippen LogP contribution >= 0.6 is 0 Å². The van der Waals surface area contributed by atoms with Gasteiger partial charge in [0.2, 0.25) is 0 Å². The van der Waals surface area contributed by atoms with E-state index in [0.717, 1.165) is 11.4 Å². The lowest BCUT2D eigenvalue weighted by Gasteiger charge is -2.12. The maximum Gasteiger partial charge on any atom is 0.257 e. The topological polar surface area (TPSA) is 72.5 Å². The van der Waals surface area contributed by atoms with E-state index in [1.54, 1.807) is 31.5 Å². The quantitative estimate of drug-likeness (QED) is 0.614. The van der Waals surface area contributed by atoms with E-state index in [4.69, 9.17) is 9.47 Å². The number of nitrogens with zero attached hydrogens (tertiary/aromatic N) is 1. The number of carbonyl (C=O) groups excluding carboxylic acids is 1. The number of para-hydroxylation sites is 2. The second-order valence-electron chi connectivity index (χ2n) is 6.43. The molecule has 0 aliphatic rings. The van der Waals surface area contributed by atoms with Gasteiger partial charge in [0.25, 0.3) is 5.91 Å². The van der Waals surface area contributed by atoms with Crippen LogP contribution in [0.1, 0.15) is 24.2 Å². The summed E-state index contributed by atoms with van der Waals surface area (Å²) < 4.78 is 10.9. The number of pyridine rings is 1. The molecule has 0 radical (unpaired) electrons. The summed E-state index contributed by atoms with van der Waals surface area (Å²) in [5.74, 6) is 1.15. The van der Waals surface area contributed by atoms with Gasteiger partial charge in [-0.2, -0.15) is 0 Å². The summed E-state index contributed by atoms with van der Waals surface area (Å²) in [6, 6.07) is 16.6.